The van der Waals surface area contributed by atoms with Crippen molar-refractivity contribution < 1.29 is 26.7 Å². The van der Waals surface area contributed by atoms with Crippen LogP contribution in [0.3, 0.4) is 0 Å². The third-order valence-electron chi connectivity index (χ3n) is 1.26. The van der Waals surface area contributed by atoms with Crippen molar-refractivity contribution in [2.75, 3.05) is 0 Å². The summed E-state index contributed by atoms with van der Waals surface area (Å²) < 4.78 is 62.4. The topological polar surface area (TPSA) is 9.23 Å². The first-order chi connectivity index (χ1) is 6.38. The molecular weight excluding hydrogens is 207 g/mol. The van der Waals surface area contributed by atoms with Crippen LogP contribution in [0.2, 0.25) is 0 Å². The highest BCUT2D eigenvalue weighted by Crippen LogP contribution is 2.26. The molecule has 1 aromatic rings. The van der Waals surface area contributed by atoms with Gasteiger partial charge in [-0.3, -0.25) is 0 Å². The minimum atomic E-state index is -4.87. The fourth-order valence-corrected chi connectivity index (χ4v) is 0.786. The first-order valence-corrected chi connectivity index (χ1v) is 3.44. The second-order valence-corrected chi connectivity index (χ2v) is 2.33. The van der Waals surface area contributed by atoms with Crippen LogP contribution in [0.25, 0.3) is 0 Å². The maximum absolute atomic E-state index is 12.0. The number of ether oxygens (including phenoxy) is 1. The summed E-state index contributed by atoms with van der Waals surface area (Å²) in [7, 11) is 0. The summed E-state index contributed by atoms with van der Waals surface area (Å²) >= 11 is 0. The van der Waals surface area contributed by atoms with E-state index in [-0.39, 0.29) is 0 Å². The average molecular weight is 211 g/mol. The van der Waals surface area contributed by atoms with Crippen LogP contribution in [0.1, 0.15) is 12.0 Å². The average Bonchev–Trinajstić information content (AvgIpc) is 2.01. The zero-order valence-corrected chi connectivity index (χ0v) is 6.61. The van der Waals surface area contributed by atoms with Crippen LogP contribution < -0.4 is 4.74 Å². The zero-order valence-electron chi connectivity index (χ0n) is 6.61. The summed E-state index contributed by atoms with van der Waals surface area (Å²) in [5.74, 6) is -0.674. The van der Waals surface area contributed by atoms with Gasteiger partial charge in [0.1, 0.15) is 5.75 Å². The predicted octanol–water partition coefficient (Wildman–Crippen LogP) is 3.32. The van der Waals surface area contributed by atoms with Gasteiger partial charge in [0, 0.05) is 5.56 Å². The third-order valence-corrected chi connectivity index (χ3v) is 1.26. The number of halogens is 5. The maximum atomic E-state index is 12.0. The van der Waals surface area contributed by atoms with Crippen molar-refractivity contribution in [3.8, 4) is 5.75 Å². The smallest absolute Gasteiger partial charge is 0.406 e. The lowest BCUT2D eigenvalue weighted by Crippen LogP contribution is -2.17. The van der Waals surface area contributed by atoms with E-state index in [1.165, 1.54) is 0 Å². The molecule has 1 nitrogen and oxygen atoms in total. The van der Waals surface area contributed by atoms with Gasteiger partial charge < -0.3 is 4.74 Å². The Morgan fingerprint density at radius 2 is 1.93 bits per heavy atom. The van der Waals surface area contributed by atoms with Gasteiger partial charge in [-0.15, -0.1) is 13.2 Å². The highest BCUT2D eigenvalue weighted by Gasteiger charge is 2.31. The monoisotopic (exact) mass is 211 g/mol. The molecule has 0 unspecified atom stereocenters. The van der Waals surface area contributed by atoms with Gasteiger partial charge in [0.05, 0.1) is 0 Å². The molecule has 14 heavy (non-hydrogen) atoms. The molecule has 1 aromatic carbocycles. The lowest BCUT2D eigenvalue weighted by atomic mass is 10.2. The van der Waals surface area contributed by atoms with Gasteiger partial charge in [-0.05, 0) is 18.2 Å². The summed E-state index contributed by atoms with van der Waals surface area (Å²) in [4.78, 5) is 0. The van der Waals surface area contributed by atoms with Gasteiger partial charge >= 0.3 is 6.36 Å². The Labute approximate surface area is 76.1 Å². The lowest BCUT2D eigenvalue weighted by molar-refractivity contribution is -0.274. The minimum absolute atomic E-state index is 0.595. The first kappa shape index (κ1) is 10.7. The van der Waals surface area contributed by atoms with E-state index in [0.29, 0.717) is 6.07 Å². The van der Waals surface area contributed by atoms with Crippen molar-refractivity contribution >= 4 is 0 Å². The van der Waals surface area contributed by atoms with Crippen molar-refractivity contribution in [3.05, 3.63) is 29.8 Å². The molecule has 0 atom stereocenters. The molecule has 0 aliphatic rings. The Morgan fingerprint density at radius 3 is 2.43 bits per heavy atom. The van der Waals surface area contributed by atoms with Crippen molar-refractivity contribution in [3.63, 3.8) is 0 Å². The standard InChI is InChI=1S/C8H4F5O/c9-7(10)5-2-1-3-6(4-5)14-8(11,12)13/h1,3-4,7H. The molecule has 0 heterocycles. The van der Waals surface area contributed by atoms with Crippen molar-refractivity contribution in [2.45, 2.75) is 12.8 Å². The molecule has 0 saturated carbocycles. The number of hydrogen-bond acceptors (Lipinski definition) is 1. The fraction of sp³-hybridized carbons (Fsp3) is 0.250. The van der Waals surface area contributed by atoms with E-state index in [0.717, 1.165) is 12.1 Å². The summed E-state index contributed by atoms with van der Waals surface area (Å²) in [5, 5.41) is 0. The van der Waals surface area contributed by atoms with Crippen molar-refractivity contribution in [2.24, 2.45) is 0 Å². The molecule has 0 N–H and O–H groups in total. The molecule has 0 fully saturated rings. The van der Waals surface area contributed by atoms with Crippen LogP contribution in [-0.2, 0) is 0 Å². The molecule has 0 bridgehead atoms. The fourth-order valence-electron chi connectivity index (χ4n) is 0.786. The first-order valence-electron chi connectivity index (χ1n) is 3.44. The molecule has 0 aliphatic heterocycles. The van der Waals surface area contributed by atoms with Gasteiger partial charge in [-0.1, -0.05) is 6.07 Å². The highest BCUT2D eigenvalue weighted by atomic mass is 19.4. The van der Waals surface area contributed by atoms with Gasteiger partial charge in [0.15, 0.2) is 0 Å². The molecule has 0 aromatic heterocycles. The molecule has 77 valence electrons. The van der Waals surface area contributed by atoms with E-state index in [2.05, 4.69) is 10.8 Å². The Balaban J connectivity index is 2.84. The summed E-state index contributed by atoms with van der Waals surface area (Å²) in [6.45, 7) is 0. The number of rotatable bonds is 2. The van der Waals surface area contributed by atoms with E-state index >= 15 is 0 Å². The highest BCUT2D eigenvalue weighted by molar-refractivity contribution is 5.28. The Hall–Kier alpha value is -1.33. The lowest BCUT2D eigenvalue weighted by Gasteiger charge is -2.09. The third kappa shape index (κ3) is 3.20. The SMILES string of the molecule is FC(F)c1[c]ccc(OC(F)(F)F)c1. The number of alkyl halides is 5. The van der Waals surface area contributed by atoms with Gasteiger partial charge in [0.2, 0.25) is 0 Å². The van der Waals surface area contributed by atoms with Crippen LogP contribution >= 0.6 is 0 Å². The van der Waals surface area contributed by atoms with Crippen LogP contribution in [0.5, 0.6) is 5.75 Å². The van der Waals surface area contributed by atoms with E-state index in [9.17, 15) is 22.0 Å². The second kappa shape index (κ2) is 3.81. The van der Waals surface area contributed by atoms with Crippen LogP contribution in [0.4, 0.5) is 22.0 Å². The summed E-state index contributed by atoms with van der Waals surface area (Å²) in [6, 6.07) is 4.54. The molecule has 1 radical (unpaired) electrons. The summed E-state index contributed by atoms with van der Waals surface area (Å²) in [5.41, 5.74) is -0.633. The normalized spacial score (nSPS) is 11.9. The summed E-state index contributed by atoms with van der Waals surface area (Å²) in [6.07, 6.45) is -7.74. The molecule has 0 saturated heterocycles. The van der Waals surface area contributed by atoms with E-state index in [4.69, 9.17) is 0 Å². The van der Waals surface area contributed by atoms with E-state index < -0.39 is 24.1 Å². The second-order valence-electron chi connectivity index (χ2n) is 2.33. The molecule has 1 rings (SSSR count). The van der Waals surface area contributed by atoms with E-state index in [1.54, 1.807) is 0 Å². The Kier molecular flexibility index (Phi) is 2.93. The number of benzene rings is 1. The van der Waals surface area contributed by atoms with Crippen molar-refractivity contribution in [1.29, 1.82) is 0 Å². The molecular formula is C8H4F5O. The Morgan fingerprint density at radius 1 is 1.29 bits per heavy atom. The van der Waals surface area contributed by atoms with Gasteiger partial charge in [0.25, 0.3) is 6.43 Å². The molecule has 0 spiro atoms. The van der Waals surface area contributed by atoms with Crippen LogP contribution in [-0.4, -0.2) is 6.36 Å². The molecule has 0 aliphatic carbocycles. The van der Waals surface area contributed by atoms with Crippen LogP contribution in [0, 0.1) is 6.07 Å². The van der Waals surface area contributed by atoms with E-state index in [1.807, 2.05) is 0 Å². The van der Waals surface area contributed by atoms with Crippen molar-refractivity contribution in [1.82, 2.24) is 0 Å². The zero-order chi connectivity index (χ0) is 10.8. The minimum Gasteiger partial charge on any atom is -0.406 e. The molecule has 6 heteroatoms. The van der Waals surface area contributed by atoms with Gasteiger partial charge in [-0.25, -0.2) is 8.78 Å². The largest absolute Gasteiger partial charge is 0.573 e. The Bertz CT molecular complexity index is 307. The maximum Gasteiger partial charge on any atom is 0.573 e. The quantitative estimate of drug-likeness (QED) is 0.681. The van der Waals surface area contributed by atoms with Crippen LogP contribution in [0.15, 0.2) is 18.2 Å². The predicted molar refractivity (Wildman–Crippen MR) is 36.9 cm³/mol. The molecule has 0 amide bonds. The number of hydrogen-bond donors (Lipinski definition) is 0. The van der Waals surface area contributed by atoms with Gasteiger partial charge in [-0.2, -0.15) is 0 Å².